The van der Waals surface area contributed by atoms with Gasteiger partial charge in [-0.3, -0.25) is 0 Å². The number of hydrogen-bond acceptors (Lipinski definition) is 2. The minimum Gasteiger partial charge on any atom is -0.454 e. The lowest BCUT2D eigenvalue weighted by Crippen LogP contribution is -1.92. The highest BCUT2D eigenvalue weighted by Crippen LogP contribution is 2.44. The van der Waals surface area contributed by atoms with Crippen molar-refractivity contribution < 1.29 is 4.42 Å². The molecule has 0 spiro atoms. The van der Waals surface area contributed by atoms with Gasteiger partial charge in [-0.05, 0) is 75.5 Å². The number of para-hydroxylation sites is 2. The molecule has 3 heteroatoms. The zero-order chi connectivity index (χ0) is 29.5. The highest BCUT2D eigenvalue weighted by atomic mass is 32.1. The third-order valence-corrected chi connectivity index (χ3v) is 10.4. The van der Waals surface area contributed by atoms with Crippen molar-refractivity contribution in [3.63, 3.8) is 0 Å². The first-order valence-electron chi connectivity index (χ1n) is 15.3. The lowest BCUT2D eigenvalue weighted by molar-refractivity contribution is 0.673. The van der Waals surface area contributed by atoms with Crippen molar-refractivity contribution in [2.45, 2.75) is 0 Å². The van der Waals surface area contributed by atoms with E-state index in [1.54, 1.807) is 0 Å². The van der Waals surface area contributed by atoms with Gasteiger partial charge < -0.3 is 8.98 Å². The van der Waals surface area contributed by atoms with E-state index in [4.69, 9.17) is 4.42 Å². The van der Waals surface area contributed by atoms with Crippen LogP contribution in [0.3, 0.4) is 0 Å². The summed E-state index contributed by atoms with van der Waals surface area (Å²) in [4.78, 5) is 0. The van der Waals surface area contributed by atoms with Crippen LogP contribution in [0, 0.1) is 0 Å². The molecule has 7 aromatic carbocycles. The number of furan rings is 1. The summed E-state index contributed by atoms with van der Waals surface area (Å²) in [6.07, 6.45) is 0. The lowest BCUT2D eigenvalue weighted by atomic mass is 9.96. The number of aromatic nitrogens is 1. The molecule has 0 saturated heterocycles. The predicted octanol–water partition coefficient (Wildman–Crippen LogP) is 12.4. The normalized spacial score (nSPS) is 12.0. The third-order valence-electron chi connectivity index (χ3n) is 9.21. The topological polar surface area (TPSA) is 18.1 Å². The zero-order valence-electron chi connectivity index (χ0n) is 24.2. The smallest absolute Gasteiger partial charge is 0.161 e. The molecule has 3 heterocycles. The highest BCUT2D eigenvalue weighted by Gasteiger charge is 2.20. The van der Waals surface area contributed by atoms with E-state index in [2.05, 4.69) is 156 Å². The summed E-state index contributed by atoms with van der Waals surface area (Å²) in [6.45, 7) is 0. The summed E-state index contributed by atoms with van der Waals surface area (Å²) in [6, 6.07) is 54.6. The molecule has 10 rings (SSSR count). The van der Waals surface area contributed by atoms with E-state index >= 15 is 0 Å². The van der Waals surface area contributed by atoms with Crippen molar-refractivity contribution in [3.8, 4) is 27.9 Å². The van der Waals surface area contributed by atoms with Crippen molar-refractivity contribution in [2.24, 2.45) is 0 Å². The Morgan fingerprint density at radius 2 is 1.27 bits per heavy atom. The van der Waals surface area contributed by atoms with Gasteiger partial charge in [-0.25, -0.2) is 0 Å². The number of rotatable bonds is 3. The highest BCUT2D eigenvalue weighted by molar-refractivity contribution is 7.26. The summed E-state index contributed by atoms with van der Waals surface area (Å²) in [5.74, 6) is 0. The van der Waals surface area contributed by atoms with E-state index in [0.717, 1.165) is 38.7 Å². The Hall–Kier alpha value is -5.64. The maximum absolute atomic E-state index is 6.51. The van der Waals surface area contributed by atoms with Crippen molar-refractivity contribution in [2.75, 3.05) is 0 Å². The fraction of sp³-hybridized carbons (Fsp3) is 0. The Balaban J connectivity index is 1.12. The molecule has 0 amide bonds. The first kappa shape index (κ1) is 24.8. The van der Waals surface area contributed by atoms with Crippen LogP contribution in [0.4, 0.5) is 0 Å². The van der Waals surface area contributed by atoms with Crippen LogP contribution in [0.2, 0.25) is 0 Å². The van der Waals surface area contributed by atoms with E-state index in [9.17, 15) is 0 Å². The van der Waals surface area contributed by atoms with E-state index in [1.165, 1.54) is 53.2 Å². The molecule has 0 fully saturated rings. The Morgan fingerprint density at radius 1 is 0.511 bits per heavy atom. The molecule has 10 aromatic rings. The second kappa shape index (κ2) is 9.43. The maximum Gasteiger partial charge on any atom is 0.161 e. The fourth-order valence-electron chi connectivity index (χ4n) is 7.13. The molecule has 0 atom stereocenters. The maximum atomic E-state index is 6.51. The first-order chi connectivity index (χ1) is 22.3. The molecular weight excluding hydrogens is 567 g/mol. The molecule has 0 aliphatic rings. The van der Waals surface area contributed by atoms with Crippen molar-refractivity contribution >= 4 is 75.3 Å². The number of benzene rings is 7. The third kappa shape index (κ3) is 3.62. The summed E-state index contributed by atoms with van der Waals surface area (Å²) in [5.41, 5.74) is 10.1. The number of thiophene rings is 1. The summed E-state index contributed by atoms with van der Waals surface area (Å²) in [5, 5.41) is 7.53. The first-order valence-corrected chi connectivity index (χ1v) is 16.1. The Morgan fingerprint density at radius 3 is 2.16 bits per heavy atom. The van der Waals surface area contributed by atoms with Gasteiger partial charge in [-0.1, -0.05) is 109 Å². The van der Waals surface area contributed by atoms with E-state index in [1.807, 2.05) is 11.3 Å². The molecule has 0 radical (unpaired) electrons. The van der Waals surface area contributed by atoms with Crippen molar-refractivity contribution in [1.29, 1.82) is 0 Å². The minimum atomic E-state index is 0.902. The van der Waals surface area contributed by atoms with Gasteiger partial charge in [0.15, 0.2) is 5.58 Å². The average molecular weight is 592 g/mol. The van der Waals surface area contributed by atoms with Gasteiger partial charge in [-0.15, -0.1) is 11.3 Å². The standard InChI is InChI=1S/C42H25NOS/c1-2-10-30(11-3-1)43-36-15-7-6-13-33(36)41-40(43)35-25-29(22-24-37(35)44-41)26-17-19-28(20-18-26)31-14-8-16-38-39(31)34-23-21-27-9-4-5-12-32(27)42(34)45-38/h1-25H. The molecular formula is C42H25NOS. The van der Waals surface area contributed by atoms with Gasteiger partial charge in [0.05, 0.1) is 5.52 Å². The Labute approximate surface area is 263 Å². The van der Waals surface area contributed by atoms with Crippen LogP contribution in [-0.2, 0) is 0 Å². The molecule has 2 nitrogen and oxygen atoms in total. The summed E-state index contributed by atoms with van der Waals surface area (Å²) >= 11 is 1.89. The SMILES string of the molecule is c1ccc(-n2c3ccccc3c3oc4ccc(-c5ccc(-c6cccc7sc8c9ccccc9ccc8c67)cc5)cc4c32)cc1. The Bertz CT molecular complexity index is 2740. The number of fused-ring (bicyclic) bond motifs is 10. The minimum absolute atomic E-state index is 0.902. The quantitative estimate of drug-likeness (QED) is 0.200. The van der Waals surface area contributed by atoms with Gasteiger partial charge in [0.2, 0.25) is 0 Å². The molecule has 0 aliphatic heterocycles. The van der Waals surface area contributed by atoms with Crippen molar-refractivity contribution in [3.05, 3.63) is 152 Å². The molecule has 3 aromatic heterocycles. The summed E-state index contributed by atoms with van der Waals surface area (Å²) < 4.78 is 11.5. The van der Waals surface area contributed by atoms with Crippen LogP contribution >= 0.6 is 11.3 Å². The molecule has 0 saturated carbocycles. The Kier molecular flexibility index (Phi) is 5.19. The molecule has 0 aliphatic carbocycles. The second-order valence-electron chi connectivity index (χ2n) is 11.7. The van der Waals surface area contributed by atoms with Gasteiger partial charge in [0, 0.05) is 36.6 Å². The number of hydrogen-bond donors (Lipinski definition) is 0. The van der Waals surface area contributed by atoms with Crippen molar-refractivity contribution in [1.82, 2.24) is 4.57 Å². The lowest BCUT2D eigenvalue weighted by Gasteiger charge is -2.09. The van der Waals surface area contributed by atoms with Crippen LogP contribution in [-0.4, -0.2) is 4.57 Å². The van der Waals surface area contributed by atoms with Crippen LogP contribution in [0.1, 0.15) is 0 Å². The summed E-state index contributed by atoms with van der Waals surface area (Å²) in [7, 11) is 0. The molecule has 210 valence electrons. The van der Waals surface area contributed by atoms with E-state index in [0.29, 0.717) is 0 Å². The van der Waals surface area contributed by atoms with Gasteiger partial charge in [-0.2, -0.15) is 0 Å². The number of nitrogens with zero attached hydrogens (tertiary/aromatic N) is 1. The monoisotopic (exact) mass is 591 g/mol. The van der Waals surface area contributed by atoms with Crippen LogP contribution < -0.4 is 0 Å². The predicted molar refractivity (Wildman–Crippen MR) is 192 cm³/mol. The van der Waals surface area contributed by atoms with Gasteiger partial charge in [0.1, 0.15) is 11.1 Å². The van der Waals surface area contributed by atoms with Gasteiger partial charge >= 0.3 is 0 Å². The van der Waals surface area contributed by atoms with Gasteiger partial charge in [0.25, 0.3) is 0 Å². The average Bonchev–Trinajstić information content (AvgIpc) is 3.77. The van der Waals surface area contributed by atoms with Crippen LogP contribution in [0.15, 0.2) is 156 Å². The largest absolute Gasteiger partial charge is 0.454 e. The molecule has 0 unspecified atom stereocenters. The molecule has 45 heavy (non-hydrogen) atoms. The molecule has 0 bridgehead atoms. The van der Waals surface area contributed by atoms with E-state index < -0.39 is 0 Å². The van der Waals surface area contributed by atoms with Crippen LogP contribution in [0.5, 0.6) is 0 Å². The molecule has 0 N–H and O–H groups in total. The zero-order valence-corrected chi connectivity index (χ0v) is 25.0. The van der Waals surface area contributed by atoms with E-state index in [-0.39, 0.29) is 0 Å². The van der Waals surface area contributed by atoms with Crippen LogP contribution in [0.25, 0.3) is 91.9 Å². The second-order valence-corrected chi connectivity index (χ2v) is 12.8. The fourth-order valence-corrected chi connectivity index (χ4v) is 8.40.